The van der Waals surface area contributed by atoms with E-state index >= 15 is 0 Å². The van der Waals surface area contributed by atoms with Crippen molar-refractivity contribution in [1.29, 1.82) is 0 Å². The predicted octanol–water partition coefficient (Wildman–Crippen LogP) is 8.57. The summed E-state index contributed by atoms with van der Waals surface area (Å²) in [6.07, 6.45) is 2.19. The zero-order valence-electron chi connectivity index (χ0n) is 19.2. The highest BCUT2D eigenvalue weighted by atomic mass is 14.8. The number of benzene rings is 6. The van der Waals surface area contributed by atoms with E-state index in [1.54, 1.807) is 0 Å². The molecule has 0 heterocycles. The lowest BCUT2D eigenvalue weighted by atomic mass is 9.91. The fraction of sp³-hybridized carbons (Fsp3) is 0.0303. The second kappa shape index (κ2) is 8.20. The third-order valence-electron chi connectivity index (χ3n) is 6.76. The van der Waals surface area contributed by atoms with Gasteiger partial charge in [-0.05, 0) is 72.4 Å². The Bertz CT molecular complexity index is 1750. The summed E-state index contributed by atoms with van der Waals surface area (Å²) >= 11 is 0. The molecule has 0 aliphatic carbocycles. The van der Waals surface area contributed by atoms with Crippen LogP contribution in [-0.4, -0.2) is 7.05 Å². The molecule has 0 saturated heterocycles. The first-order valence-corrected chi connectivity index (χ1v) is 11.6. The minimum absolute atomic E-state index is 0.989. The maximum absolute atomic E-state index is 4.52. The number of fused-ring (bicyclic) bond motifs is 6. The summed E-state index contributed by atoms with van der Waals surface area (Å²) in [6.45, 7) is 4.52. The number of hydrogen-bond donors (Lipinski definition) is 1. The van der Waals surface area contributed by atoms with Crippen LogP contribution in [0.15, 0.2) is 122 Å². The van der Waals surface area contributed by atoms with Gasteiger partial charge in [-0.15, -0.1) is 0 Å². The molecule has 6 aromatic carbocycles. The van der Waals surface area contributed by atoms with Crippen molar-refractivity contribution in [2.45, 2.75) is 0 Å². The van der Waals surface area contributed by atoms with Crippen molar-refractivity contribution in [2.24, 2.45) is 0 Å². The van der Waals surface area contributed by atoms with Crippen LogP contribution < -0.4 is 5.32 Å². The van der Waals surface area contributed by atoms with Crippen molar-refractivity contribution in [3.05, 3.63) is 133 Å². The molecule has 0 radical (unpaired) electrons. The number of allylic oxidation sites excluding steroid dienone is 2. The molecule has 1 N–H and O–H groups in total. The Kier molecular flexibility index (Phi) is 4.89. The van der Waals surface area contributed by atoms with Gasteiger partial charge in [-0.2, -0.15) is 0 Å². The fourth-order valence-electron chi connectivity index (χ4n) is 5.13. The quantitative estimate of drug-likeness (QED) is 0.216. The molecule has 0 amide bonds. The molecule has 0 aromatic heterocycles. The van der Waals surface area contributed by atoms with E-state index in [2.05, 4.69) is 127 Å². The predicted molar refractivity (Wildman–Crippen MR) is 149 cm³/mol. The Balaban J connectivity index is 1.57. The molecule has 0 spiro atoms. The molecule has 0 aliphatic rings. The molecule has 0 fully saturated rings. The van der Waals surface area contributed by atoms with Crippen LogP contribution in [-0.2, 0) is 0 Å². The van der Waals surface area contributed by atoms with E-state index in [0.717, 1.165) is 16.8 Å². The second-order valence-corrected chi connectivity index (χ2v) is 8.71. The summed E-state index contributed by atoms with van der Waals surface area (Å²) in [5.74, 6) is 0. The Morgan fingerprint density at radius 3 is 1.50 bits per heavy atom. The third-order valence-corrected chi connectivity index (χ3v) is 6.76. The van der Waals surface area contributed by atoms with Crippen LogP contribution in [0.5, 0.6) is 0 Å². The van der Waals surface area contributed by atoms with E-state index in [4.69, 9.17) is 0 Å². The van der Waals surface area contributed by atoms with Crippen LogP contribution in [0.1, 0.15) is 11.1 Å². The van der Waals surface area contributed by atoms with Crippen LogP contribution >= 0.6 is 0 Å². The molecular weight excluding hydrogens is 410 g/mol. The van der Waals surface area contributed by atoms with Crippen molar-refractivity contribution >= 4 is 54.4 Å². The van der Waals surface area contributed by atoms with Gasteiger partial charge in [-0.1, -0.05) is 104 Å². The zero-order chi connectivity index (χ0) is 23.1. The molecule has 1 heteroatoms. The van der Waals surface area contributed by atoms with Crippen molar-refractivity contribution in [2.75, 3.05) is 7.05 Å². The van der Waals surface area contributed by atoms with E-state index in [1.807, 2.05) is 7.05 Å². The first kappa shape index (κ1) is 20.3. The van der Waals surface area contributed by atoms with Gasteiger partial charge in [0.25, 0.3) is 0 Å². The largest absolute Gasteiger partial charge is 0.388 e. The van der Waals surface area contributed by atoms with Crippen LogP contribution in [0.25, 0.3) is 54.4 Å². The molecule has 1 nitrogen and oxygen atoms in total. The number of rotatable bonds is 4. The van der Waals surface area contributed by atoms with E-state index < -0.39 is 0 Å². The van der Waals surface area contributed by atoms with Crippen molar-refractivity contribution < 1.29 is 0 Å². The van der Waals surface area contributed by atoms with E-state index in [-0.39, 0.29) is 0 Å². The highest BCUT2D eigenvalue weighted by Gasteiger charge is 2.12. The monoisotopic (exact) mass is 435 g/mol. The summed E-state index contributed by atoms with van der Waals surface area (Å²) in [5.41, 5.74) is 4.39. The van der Waals surface area contributed by atoms with Crippen molar-refractivity contribution in [3.63, 3.8) is 0 Å². The van der Waals surface area contributed by atoms with Gasteiger partial charge in [-0.25, -0.2) is 0 Å². The smallest absolute Gasteiger partial charge is 0.0423 e. The number of nitrogens with one attached hydrogen (secondary N) is 1. The second-order valence-electron chi connectivity index (χ2n) is 8.71. The Morgan fingerprint density at radius 1 is 0.559 bits per heavy atom. The van der Waals surface area contributed by atoms with Crippen molar-refractivity contribution in [3.8, 4) is 0 Å². The molecule has 34 heavy (non-hydrogen) atoms. The summed E-state index contributed by atoms with van der Waals surface area (Å²) in [4.78, 5) is 0. The molecule has 6 aromatic rings. The zero-order valence-corrected chi connectivity index (χ0v) is 19.2. The van der Waals surface area contributed by atoms with E-state index in [9.17, 15) is 0 Å². The van der Waals surface area contributed by atoms with Crippen LogP contribution in [0.3, 0.4) is 0 Å². The van der Waals surface area contributed by atoms with Gasteiger partial charge in [0.15, 0.2) is 0 Å². The molecule has 0 aliphatic heterocycles. The normalized spacial score (nSPS) is 12.0. The van der Waals surface area contributed by atoms with Crippen LogP contribution in [0.4, 0.5) is 0 Å². The fourth-order valence-corrected chi connectivity index (χ4v) is 5.13. The van der Waals surface area contributed by atoms with Gasteiger partial charge in [0.05, 0.1) is 0 Å². The summed E-state index contributed by atoms with van der Waals surface area (Å²) in [6, 6.07) is 39.0. The minimum Gasteiger partial charge on any atom is -0.388 e. The van der Waals surface area contributed by atoms with E-state index in [1.165, 1.54) is 48.7 Å². The third kappa shape index (κ3) is 3.25. The van der Waals surface area contributed by atoms with Crippen LogP contribution in [0, 0.1) is 0 Å². The number of hydrogen-bond acceptors (Lipinski definition) is 1. The van der Waals surface area contributed by atoms with Crippen LogP contribution in [0.2, 0.25) is 0 Å². The topological polar surface area (TPSA) is 12.0 Å². The molecule has 0 bridgehead atoms. The van der Waals surface area contributed by atoms with Gasteiger partial charge in [-0.3, -0.25) is 0 Å². The lowest BCUT2D eigenvalue weighted by Crippen LogP contribution is -2.06. The Labute approximate surface area is 199 Å². The minimum atomic E-state index is 0.989. The Morgan fingerprint density at radius 2 is 0.971 bits per heavy atom. The first-order valence-electron chi connectivity index (χ1n) is 11.6. The highest BCUT2D eigenvalue weighted by Crippen LogP contribution is 2.35. The SMILES string of the molecule is C=C(/C=C(\NC)c1cc2ccccc2c2ccccc12)c1cc2ccccc2c2ccccc12. The summed E-state index contributed by atoms with van der Waals surface area (Å²) in [5, 5.41) is 13.4. The molecule has 0 saturated carbocycles. The van der Waals surface area contributed by atoms with Gasteiger partial charge in [0.2, 0.25) is 0 Å². The molecule has 162 valence electrons. The molecular formula is C33H25N. The highest BCUT2D eigenvalue weighted by molar-refractivity contribution is 6.14. The maximum Gasteiger partial charge on any atom is 0.0423 e. The molecule has 6 rings (SSSR count). The van der Waals surface area contributed by atoms with Gasteiger partial charge in [0.1, 0.15) is 0 Å². The Hall–Kier alpha value is -4.36. The lowest BCUT2D eigenvalue weighted by molar-refractivity contribution is 1.13. The molecule has 0 unspecified atom stereocenters. The standard InChI is InChI=1S/C33H25N/c1-22(31-20-23-11-3-5-13-25(23)27-15-7-9-17-29(27)31)19-33(34-2)32-21-24-12-4-6-14-26(24)28-16-8-10-18-30(28)32/h3-21,34H,1H2,2H3/b33-19-. The lowest BCUT2D eigenvalue weighted by Gasteiger charge is -2.16. The summed E-state index contributed by atoms with van der Waals surface area (Å²) < 4.78 is 0. The van der Waals surface area contributed by atoms with Gasteiger partial charge in [0, 0.05) is 18.3 Å². The average molecular weight is 436 g/mol. The van der Waals surface area contributed by atoms with Gasteiger partial charge >= 0.3 is 0 Å². The van der Waals surface area contributed by atoms with Gasteiger partial charge < -0.3 is 5.32 Å². The summed E-state index contributed by atoms with van der Waals surface area (Å²) in [7, 11) is 1.99. The maximum atomic E-state index is 4.52. The molecule has 0 atom stereocenters. The van der Waals surface area contributed by atoms with E-state index in [0.29, 0.717) is 0 Å². The first-order chi connectivity index (χ1) is 16.7. The average Bonchev–Trinajstić information content (AvgIpc) is 2.90. The van der Waals surface area contributed by atoms with Crippen molar-refractivity contribution in [1.82, 2.24) is 5.32 Å².